The van der Waals surface area contributed by atoms with Gasteiger partial charge >= 0.3 is 0 Å². The number of rotatable bonds is 4. The number of nitrogens with zero attached hydrogens (tertiary/aromatic N) is 2. The van der Waals surface area contributed by atoms with E-state index in [-0.39, 0.29) is 0 Å². The topological polar surface area (TPSA) is 18.5 Å². The molecule has 0 bridgehead atoms. The maximum absolute atomic E-state index is 3.74. The van der Waals surface area contributed by atoms with E-state index < -0.39 is 0 Å². The van der Waals surface area contributed by atoms with Crippen molar-refractivity contribution in [1.82, 2.24) is 10.2 Å². The van der Waals surface area contributed by atoms with Crippen LogP contribution in [0.3, 0.4) is 0 Å². The zero-order chi connectivity index (χ0) is 14.1. The van der Waals surface area contributed by atoms with Crippen LogP contribution < -0.4 is 10.2 Å². The Hall–Kier alpha value is -0.580. The predicted octanol–water partition coefficient (Wildman–Crippen LogP) is 2.84. The summed E-state index contributed by atoms with van der Waals surface area (Å²) in [5.74, 6) is 0. The number of hydrogen-bond acceptors (Lipinski definition) is 3. The highest BCUT2D eigenvalue weighted by Crippen LogP contribution is 2.27. The number of piperazine rings is 1. The second-order valence-corrected chi connectivity index (χ2v) is 7.09. The van der Waals surface area contributed by atoms with Crippen molar-refractivity contribution in [1.29, 1.82) is 0 Å². The van der Waals surface area contributed by atoms with Crippen molar-refractivity contribution < 1.29 is 0 Å². The summed E-state index contributed by atoms with van der Waals surface area (Å²) in [7, 11) is 2.20. The van der Waals surface area contributed by atoms with Crippen molar-refractivity contribution in [2.45, 2.75) is 38.4 Å². The van der Waals surface area contributed by atoms with E-state index in [4.69, 9.17) is 0 Å². The fraction of sp³-hybridized carbons (Fsp3) is 0.625. The number of likely N-dealkylation sites (N-methyl/N-ethyl adjacent to an activating group) is 1. The minimum absolute atomic E-state index is 0.580. The van der Waals surface area contributed by atoms with Crippen molar-refractivity contribution in [3.05, 3.63) is 28.2 Å². The van der Waals surface area contributed by atoms with Crippen LogP contribution in [0.15, 0.2) is 22.7 Å². The summed E-state index contributed by atoms with van der Waals surface area (Å²) in [6, 6.07) is 8.16. The number of hydrogen-bond donors (Lipinski definition) is 1. The van der Waals surface area contributed by atoms with E-state index in [0.717, 1.165) is 32.2 Å². The van der Waals surface area contributed by atoms with Crippen molar-refractivity contribution in [3.63, 3.8) is 0 Å². The zero-order valence-corrected chi connectivity index (χ0v) is 14.0. The van der Waals surface area contributed by atoms with Gasteiger partial charge < -0.3 is 15.1 Å². The maximum Gasteiger partial charge on any atom is 0.0389 e. The number of halogens is 1. The molecule has 0 amide bonds. The van der Waals surface area contributed by atoms with Crippen molar-refractivity contribution in [2.24, 2.45) is 0 Å². The summed E-state index contributed by atoms with van der Waals surface area (Å²) in [5.41, 5.74) is 2.70. The Kier molecular flexibility index (Phi) is 4.34. The summed E-state index contributed by atoms with van der Waals surface area (Å²) in [6.45, 7) is 6.69. The van der Waals surface area contributed by atoms with Gasteiger partial charge in [0.2, 0.25) is 0 Å². The molecule has 1 aromatic rings. The third-order valence-corrected chi connectivity index (χ3v) is 5.10. The standard InChI is InChI=1S/C16H24BrN3/c1-12-11-19(2)7-8-20(12)15-6-3-13(16(17)9-15)10-18-14-4-5-14/h3,6,9,12,14,18H,4-5,7-8,10-11H2,1-2H3. The molecule has 1 saturated carbocycles. The van der Waals surface area contributed by atoms with Gasteiger partial charge in [0, 0.05) is 48.4 Å². The quantitative estimate of drug-likeness (QED) is 0.911. The summed E-state index contributed by atoms with van der Waals surface area (Å²) < 4.78 is 1.23. The third-order valence-electron chi connectivity index (χ3n) is 4.36. The molecule has 3 rings (SSSR count). The number of nitrogens with one attached hydrogen (secondary N) is 1. The fourth-order valence-corrected chi connectivity index (χ4v) is 3.43. The molecule has 0 spiro atoms. The van der Waals surface area contributed by atoms with Gasteiger partial charge in [0.25, 0.3) is 0 Å². The van der Waals surface area contributed by atoms with Crippen molar-refractivity contribution in [2.75, 3.05) is 31.6 Å². The Morgan fingerprint density at radius 3 is 2.75 bits per heavy atom. The summed E-state index contributed by atoms with van der Waals surface area (Å²) in [5, 5.41) is 3.58. The number of anilines is 1. The largest absolute Gasteiger partial charge is 0.366 e. The van der Waals surface area contributed by atoms with Crippen LogP contribution in [0.25, 0.3) is 0 Å². The van der Waals surface area contributed by atoms with E-state index >= 15 is 0 Å². The smallest absolute Gasteiger partial charge is 0.0389 e. The van der Waals surface area contributed by atoms with Gasteiger partial charge in [-0.25, -0.2) is 0 Å². The van der Waals surface area contributed by atoms with E-state index in [9.17, 15) is 0 Å². The van der Waals surface area contributed by atoms with Crippen LogP contribution in [0.5, 0.6) is 0 Å². The lowest BCUT2D eigenvalue weighted by atomic mass is 10.1. The lowest BCUT2D eigenvalue weighted by molar-refractivity contribution is 0.275. The van der Waals surface area contributed by atoms with Gasteiger partial charge in [-0.1, -0.05) is 22.0 Å². The number of benzene rings is 1. The molecule has 4 heteroatoms. The Balaban J connectivity index is 1.68. The Bertz CT molecular complexity index is 473. The molecule has 1 aliphatic heterocycles. The second-order valence-electron chi connectivity index (χ2n) is 6.24. The molecule has 1 unspecified atom stereocenters. The first-order chi connectivity index (χ1) is 9.63. The van der Waals surface area contributed by atoms with Crippen molar-refractivity contribution in [3.8, 4) is 0 Å². The second kappa shape index (κ2) is 6.04. The van der Waals surface area contributed by atoms with Crippen molar-refractivity contribution >= 4 is 21.6 Å². The van der Waals surface area contributed by atoms with Crippen LogP contribution in [-0.4, -0.2) is 43.7 Å². The molecule has 0 aromatic heterocycles. The van der Waals surface area contributed by atoms with Crippen LogP contribution in [0.1, 0.15) is 25.3 Å². The predicted molar refractivity (Wildman–Crippen MR) is 88.3 cm³/mol. The molecule has 20 heavy (non-hydrogen) atoms. The van der Waals surface area contributed by atoms with Gasteiger partial charge in [-0.3, -0.25) is 0 Å². The molecular weight excluding hydrogens is 314 g/mol. The highest BCUT2D eigenvalue weighted by molar-refractivity contribution is 9.10. The van der Waals surface area contributed by atoms with Gasteiger partial charge in [0.1, 0.15) is 0 Å². The summed E-state index contributed by atoms with van der Waals surface area (Å²) in [6.07, 6.45) is 2.68. The molecule has 2 fully saturated rings. The molecule has 1 aliphatic carbocycles. The van der Waals surface area contributed by atoms with Crippen LogP contribution in [-0.2, 0) is 6.54 Å². The van der Waals surface area contributed by atoms with Crippen LogP contribution in [0.2, 0.25) is 0 Å². The van der Waals surface area contributed by atoms with Gasteiger partial charge in [-0.2, -0.15) is 0 Å². The van der Waals surface area contributed by atoms with E-state index in [1.165, 1.54) is 28.6 Å². The molecular formula is C16H24BrN3. The van der Waals surface area contributed by atoms with Gasteiger partial charge in [0.05, 0.1) is 0 Å². The molecule has 1 atom stereocenters. The molecule has 3 nitrogen and oxygen atoms in total. The molecule has 1 aromatic carbocycles. The Labute approximate surface area is 130 Å². The monoisotopic (exact) mass is 337 g/mol. The fourth-order valence-electron chi connectivity index (χ4n) is 2.92. The Morgan fingerprint density at radius 2 is 2.10 bits per heavy atom. The van der Waals surface area contributed by atoms with Crippen LogP contribution in [0, 0.1) is 0 Å². The first-order valence-corrected chi connectivity index (χ1v) is 8.40. The first kappa shape index (κ1) is 14.4. The van der Waals surface area contributed by atoms with Crippen LogP contribution in [0.4, 0.5) is 5.69 Å². The molecule has 1 saturated heterocycles. The van der Waals surface area contributed by atoms with Crippen LogP contribution >= 0.6 is 15.9 Å². The highest BCUT2D eigenvalue weighted by atomic mass is 79.9. The highest BCUT2D eigenvalue weighted by Gasteiger charge is 2.23. The van der Waals surface area contributed by atoms with Gasteiger partial charge in [-0.05, 0) is 44.5 Å². The molecule has 1 N–H and O–H groups in total. The lowest BCUT2D eigenvalue weighted by Gasteiger charge is -2.40. The molecule has 0 radical (unpaired) electrons. The molecule has 2 aliphatic rings. The Morgan fingerprint density at radius 1 is 1.30 bits per heavy atom. The third kappa shape index (κ3) is 3.35. The van der Waals surface area contributed by atoms with Gasteiger partial charge in [0.15, 0.2) is 0 Å². The lowest BCUT2D eigenvalue weighted by Crippen LogP contribution is -2.50. The first-order valence-electron chi connectivity index (χ1n) is 7.60. The average molecular weight is 338 g/mol. The summed E-state index contributed by atoms with van der Waals surface area (Å²) in [4.78, 5) is 4.92. The maximum atomic E-state index is 3.74. The normalized spacial score (nSPS) is 24.1. The SMILES string of the molecule is CC1CN(C)CCN1c1ccc(CNC2CC2)c(Br)c1. The average Bonchev–Trinajstić information content (AvgIpc) is 3.21. The zero-order valence-electron chi connectivity index (χ0n) is 12.4. The summed E-state index contributed by atoms with van der Waals surface area (Å²) >= 11 is 3.74. The minimum atomic E-state index is 0.580. The minimum Gasteiger partial charge on any atom is -0.366 e. The molecule has 1 heterocycles. The van der Waals surface area contributed by atoms with Gasteiger partial charge in [-0.15, -0.1) is 0 Å². The van der Waals surface area contributed by atoms with E-state index in [1.54, 1.807) is 0 Å². The molecule has 110 valence electrons. The van der Waals surface area contributed by atoms with E-state index in [2.05, 4.69) is 63.2 Å². The van der Waals surface area contributed by atoms with E-state index in [1.807, 2.05) is 0 Å². The van der Waals surface area contributed by atoms with E-state index in [0.29, 0.717) is 6.04 Å².